The van der Waals surface area contributed by atoms with Crippen LogP contribution in [-0.4, -0.2) is 23.2 Å². The smallest absolute Gasteiger partial charge is 0.416 e. The highest BCUT2D eigenvalue weighted by molar-refractivity contribution is 5.88. The summed E-state index contributed by atoms with van der Waals surface area (Å²) in [5.41, 5.74) is 1.71. The molecule has 2 heterocycles. The molecule has 1 aliphatic heterocycles. The molecule has 0 saturated heterocycles. The van der Waals surface area contributed by atoms with E-state index in [2.05, 4.69) is 24.0 Å². The highest BCUT2D eigenvalue weighted by Gasteiger charge is 2.28. The van der Waals surface area contributed by atoms with Crippen molar-refractivity contribution in [1.82, 2.24) is 4.98 Å². The van der Waals surface area contributed by atoms with Crippen LogP contribution in [0.5, 0.6) is 0 Å². The van der Waals surface area contributed by atoms with Gasteiger partial charge in [0.25, 0.3) is 0 Å². The first-order valence-corrected chi connectivity index (χ1v) is 7.40. The molecule has 0 unspecified atom stereocenters. The summed E-state index contributed by atoms with van der Waals surface area (Å²) in [5.74, 6) is 0.788. The number of hydrogen-bond acceptors (Lipinski definition) is 3. The molecule has 0 radical (unpaired) electrons. The molecule has 0 spiro atoms. The van der Waals surface area contributed by atoms with Gasteiger partial charge in [0.15, 0.2) is 0 Å². The van der Waals surface area contributed by atoms with E-state index in [-0.39, 0.29) is 6.09 Å². The van der Waals surface area contributed by atoms with Crippen LogP contribution in [0.1, 0.15) is 51.8 Å². The molecule has 0 aromatic carbocycles. The van der Waals surface area contributed by atoms with E-state index >= 15 is 0 Å². The number of nitrogens with zero attached hydrogens (tertiary/aromatic N) is 2. The van der Waals surface area contributed by atoms with Crippen molar-refractivity contribution in [3.63, 3.8) is 0 Å². The molecule has 4 heteroatoms. The lowest BCUT2D eigenvalue weighted by molar-refractivity contribution is 0.0576. The van der Waals surface area contributed by atoms with E-state index in [1.165, 1.54) is 0 Å². The highest BCUT2D eigenvalue weighted by Crippen LogP contribution is 2.27. The van der Waals surface area contributed by atoms with Crippen LogP contribution in [0.4, 0.5) is 10.6 Å². The second kappa shape index (κ2) is 5.81. The number of pyridine rings is 1. The van der Waals surface area contributed by atoms with Crippen LogP contribution in [-0.2, 0) is 17.6 Å². The minimum Gasteiger partial charge on any atom is -0.443 e. The number of carbonyl (C=O) groups excluding carboxylic acids is 1. The summed E-state index contributed by atoms with van der Waals surface area (Å²) in [6, 6.07) is 4.17. The van der Waals surface area contributed by atoms with Gasteiger partial charge in [-0.3, -0.25) is 4.90 Å². The lowest BCUT2D eigenvalue weighted by Crippen LogP contribution is -2.40. The second-order valence-electron chi connectivity index (χ2n) is 6.27. The fourth-order valence-corrected chi connectivity index (χ4v) is 2.37. The average molecular weight is 276 g/mol. The van der Waals surface area contributed by atoms with Crippen molar-refractivity contribution < 1.29 is 9.53 Å². The van der Waals surface area contributed by atoms with E-state index in [4.69, 9.17) is 4.74 Å². The summed E-state index contributed by atoms with van der Waals surface area (Å²) in [4.78, 5) is 18.7. The number of aromatic nitrogens is 1. The lowest BCUT2D eigenvalue weighted by Gasteiger charge is -2.31. The molecule has 0 fully saturated rings. The summed E-state index contributed by atoms with van der Waals surface area (Å²) in [6.07, 6.45) is 3.64. The van der Waals surface area contributed by atoms with Gasteiger partial charge in [0.05, 0.1) is 0 Å². The number of rotatable bonds is 2. The highest BCUT2D eigenvalue weighted by atomic mass is 16.6. The fourth-order valence-electron chi connectivity index (χ4n) is 2.37. The van der Waals surface area contributed by atoms with Crippen molar-refractivity contribution in [1.29, 1.82) is 0 Å². The van der Waals surface area contributed by atoms with E-state index in [1.54, 1.807) is 4.90 Å². The molecule has 0 N–H and O–H groups in total. The van der Waals surface area contributed by atoms with Crippen LogP contribution in [0.3, 0.4) is 0 Å². The van der Waals surface area contributed by atoms with Gasteiger partial charge in [-0.15, -0.1) is 0 Å². The Hall–Kier alpha value is -1.58. The van der Waals surface area contributed by atoms with Gasteiger partial charge in [0, 0.05) is 12.2 Å². The van der Waals surface area contributed by atoms with Crippen molar-refractivity contribution in [2.75, 3.05) is 11.4 Å². The van der Waals surface area contributed by atoms with Gasteiger partial charge in [-0.1, -0.05) is 19.4 Å². The van der Waals surface area contributed by atoms with E-state index in [1.807, 2.05) is 20.8 Å². The van der Waals surface area contributed by atoms with E-state index in [0.29, 0.717) is 6.54 Å². The van der Waals surface area contributed by atoms with Crippen LogP contribution >= 0.6 is 0 Å². The van der Waals surface area contributed by atoms with Crippen molar-refractivity contribution in [3.05, 3.63) is 23.4 Å². The Morgan fingerprint density at radius 2 is 2.15 bits per heavy atom. The zero-order valence-electron chi connectivity index (χ0n) is 12.9. The number of carbonyl (C=O) groups is 1. The zero-order valence-corrected chi connectivity index (χ0v) is 12.9. The Morgan fingerprint density at radius 1 is 1.40 bits per heavy atom. The quantitative estimate of drug-likeness (QED) is 0.826. The zero-order chi connectivity index (χ0) is 14.8. The molecule has 0 atom stereocenters. The molecule has 1 aromatic rings. The molecular weight excluding hydrogens is 252 g/mol. The molecular formula is C16H24N2O2. The largest absolute Gasteiger partial charge is 0.443 e. The SMILES string of the molecule is CCCc1ccc2c(n1)N(C(=O)OC(C)(C)C)CCC2. The summed E-state index contributed by atoms with van der Waals surface area (Å²) in [6.45, 7) is 8.47. The van der Waals surface area contributed by atoms with Gasteiger partial charge in [-0.2, -0.15) is 0 Å². The maximum atomic E-state index is 12.3. The molecule has 0 aliphatic carbocycles. The Kier molecular flexibility index (Phi) is 4.31. The summed E-state index contributed by atoms with van der Waals surface area (Å²) >= 11 is 0. The van der Waals surface area contributed by atoms with Crippen molar-refractivity contribution >= 4 is 11.9 Å². The molecule has 4 nitrogen and oxygen atoms in total. The minimum atomic E-state index is -0.476. The lowest BCUT2D eigenvalue weighted by atomic mass is 10.0. The molecule has 110 valence electrons. The fraction of sp³-hybridized carbons (Fsp3) is 0.625. The first-order valence-electron chi connectivity index (χ1n) is 7.40. The molecule has 0 saturated carbocycles. The summed E-state index contributed by atoms with van der Waals surface area (Å²) in [5, 5.41) is 0. The second-order valence-corrected chi connectivity index (χ2v) is 6.27. The number of amides is 1. The first-order chi connectivity index (χ1) is 9.40. The predicted octanol–water partition coefficient (Wildman–Crippen LogP) is 3.72. The Balaban J connectivity index is 2.26. The summed E-state index contributed by atoms with van der Waals surface area (Å²) in [7, 11) is 0. The van der Waals surface area contributed by atoms with Crippen molar-refractivity contribution in [3.8, 4) is 0 Å². The molecule has 2 rings (SSSR count). The first kappa shape index (κ1) is 14.8. The molecule has 1 aromatic heterocycles. The molecule has 1 aliphatic rings. The van der Waals surface area contributed by atoms with Gasteiger partial charge < -0.3 is 4.74 Å². The maximum absolute atomic E-state index is 12.3. The number of hydrogen-bond donors (Lipinski definition) is 0. The third-order valence-corrected chi connectivity index (χ3v) is 3.22. The Labute approximate surface area is 121 Å². The number of fused-ring (bicyclic) bond motifs is 1. The number of anilines is 1. The van der Waals surface area contributed by atoms with E-state index in [0.717, 1.165) is 42.8 Å². The third kappa shape index (κ3) is 3.50. The van der Waals surface area contributed by atoms with Gasteiger partial charge in [0.1, 0.15) is 11.4 Å². The Morgan fingerprint density at radius 3 is 2.80 bits per heavy atom. The topological polar surface area (TPSA) is 42.4 Å². The van der Waals surface area contributed by atoms with Crippen LogP contribution in [0.15, 0.2) is 12.1 Å². The number of aryl methyl sites for hydroxylation is 2. The maximum Gasteiger partial charge on any atom is 0.416 e. The monoisotopic (exact) mass is 276 g/mol. The average Bonchev–Trinajstić information content (AvgIpc) is 2.36. The third-order valence-electron chi connectivity index (χ3n) is 3.22. The minimum absolute atomic E-state index is 0.292. The number of ether oxygens (including phenoxy) is 1. The van der Waals surface area contributed by atoms with Crippen LogP contribution in [0, 0.1) is 0 Å². The van der Waals surface area contributed by atoms with Crippen LogP contribution in [0.2, 0.25) is 0 Å². The predicted molar refractivity (Wildman–Crippen MR) is 80.1 cm³/mol. The Bertz CT molecular complexity index is 492. The standard InChI is InChI=1S/C16H24N2O2/c1-5-7-13-10-9-12-8-6-11-18(14(12)17-13)15(19)20-16(2,3)4/h9-10H,5-8,11H2,1-4H3. The van der Waals surface area contributed by atoms with Crippen LogP contribution < -0.4 is 4.90 Å². The van der Waals surface area contributed by atoms with Gasteiger partial charge in [-0.25, -0.2) is 9.78 Å². The van der Waals surface area contributed by atoms with Crippen molar-refractivity contribution in [2.45, 2.75) is 59.0 Å². The molecule has 20 heavy (non-hydrogen) atoms. The van der Waals surface area contributed by atoms with Gasteiger partial charge >= 0.3 is 6.09 Å². The van der Waals surface area contributed by atoms with E-state index < -0.39 is 5.60 Å². The van der Waals surface area contributed by atoms with Crippen molar-refractivity contribution in [2.24, 2.45) is 0 Å². The summed E-state index contributed by atoms with van der Waals surface area (Å²) < 4.78 is 5.48. The van der Waals surface area contributed by atoms with Gasteiger partial charge in [0.2, 0.25) is 0 Å². The van der Waals surface area contributed by atoms with Gasteiger partial charge in [-0.05, 0) is 51.7 Å². The normalized spacial score (nSPS) is 14.9. The molecule has 0 bridgehead atoms. The molecule has 1 amide bonds. The van der Waals surface area contributed by atoms with E-state index in [9.17, 15) is 4.79 Å². The van der Waals surface area contributed by atoms with Crippen LogP contribution in [0.25, 0.3) is 0 Å².